The molecule has 98 valence electrons. The summed E-state index contributed by atoms with van der Waals surface area (Å²) in [5, 5.41) is 15.3. The number of nitrogen functional groups attached to an aromatic ring is 1. The smallest absolute Gasteiger partial charge is 0.248 e. The van der Waals surface area contributed by atoms with E-state index in [1.165, 1.54) is 14.2 Å². The number of nitrogens with zero attached hydrogens (tertiary/aromatic N) is 2. The standard InChI is InChI=1S/C8H16N4O4S/c1-12(4-6(13)5-16-2)17(14,15)7-3-10-11-8(7)9/h3,6,13H,4-5H2,1-2H3,(H3,9,10,11). The molecule has 0 saturated heterocycles. The average Bonchev–Trinajstić information content (AvgIpc) is 2.65. The summed E-state index contributed by atoms with van der Waals surface area (Å²) in [6.45, 7) is -0.0263. The van der Waals surface area contributed by atoms with E-state index in [-0.39, 0.29) is 23.9 Å². The minimum absolute atomic E-state index is 0.0296. The molecular weight excluding hydrogens is 248 g/mol. The molecular formula is C8H16N4O4S. The van der Waals surface area contributed by atoms with Crippen molar-refractivity contribution < 1.29 is 18.3 Å². The molecule has 0 bridgehead atoms. The second-order valence-corrected chi connectivity index (χ2v) is 5.56. The van der Waals surface area contributed by atoms with Crippen LogP contribution in [0.4, 0.5) is 5.82 Å². The van der Waals surface area contributed by atoms with Crippen LogP contribution in [-0.4, -0.2) is 61.4 Å². The number of aromatic nitrogens is 2. The van der Waals surface area contributed by atoms with Gasteiger partial charge < -0.3 is 15.6 Å². The predicted molar refractivity (Wildman–Crippen MR) is 60.7 cm³/mol. The Hall–Kier alpha value is -1.16. The van der Waals surface area contributed by atoms with Gasteiger partial charge in [-0.05, 0) is 0 Å². The highest BCUT2D eigenvalue weighted by atomic mass is 32.2. The number of hydrogen-bond donors (Lipinski definition) is 3. The van der Waals surface area contributed by atoms with E-state index in [1.807, 2.05) is 0 Å². The number of methoxy groups -OCH3 is 1. The van der Waals surface area contributed by atoms with Crippen LogP contribution in [0.5, 0.6) is 0 Å². The lowest BCUT2D eigenvalue weighted by molar-refractivity contribution is 0.0554. The number of ether oxygens (including phenoxy) is 1. The van der Waals surface area contributed by atoms with E-state index < -0.39 is 16.1 Å². The highest BCUT2D eigenvalue weighted by Crippen LogP contribution is 2.18. The maximum Gasteiger partial charge on any atom is 0.248 e. The number of nitrogens with one attached hydrogen (secondary N) is 1. The second kappa shape index (κ2) is 5.45. The molecule has 0 aliphatic rings. The summed E-state index contributed by atoms with van der Waals surface area (Å²) in [7, 11) is -0.970. The molecule has 0 saturated carbocycles. The lowest BCUT2D eigenvalue weighted by Gasteiger charge is -2.19. The normalized spacial score (nSPS) is 14.1. The van der Waals surface area contributed by atoms with Crippen molar-refractivity contribution in [2.45, 2.75) is 11.0 Å². The van der Waals surface area contributed by atoms with Crippen LogP contribution in [0, 0.1) is 0 Å². The zero-order valence-corrected chi connectivity index (χ0v) is 10.4. The molecule has 0 radical (unpaired) electrons. The Morgan fingerprint density at radius 2 is 2.35 bits per heavy atom. The van der Waals surface area contributed by atoms with Crippen LogP contribution < -0.4 is 5.73 Å². The van der Waals surface area contributed by atoms with Gasteiger partial charge in [0.15, 0.2) is 0 Å². The first kappa shape index (κ1) is 13.9. The number of anilines is 1. The summed E-state index contributed by atoms with van der Waals surface area (Å²) in [5.41, 5.74) is 5.44. The maximum atomic E-state index is 12.0. The molecule has 0 amide bonds. The second-order valence-electron chi connectivity index (χ2n) is 3.54. The molecule has 0 aliphatic carbocycles. The molecule has 0 fully saturated rings. The van der Waals surface area contributed by atoms with Gasteiger partial charge in [0.1, 0.15) is 10.7 Å². The van der Waals surface area contributed by atoms with Crippen LogP contribution in [0.2, 0.25) is 0 Å². The highest BCUT2D eigenvalue weighted by molar-refractivity contribution is 7.89. The number of aromatic amines is 1. The van der Waals surface area contributed by atoms with Gasteiger partial charge >= 0.3 is 0 Å². The van der Waals surface area contributed by atoms with Gasteiger partial charge in [-0.25, -0.2) is 8.42 Å². The highest BCUT2D eigenvalue weighted by Gasteiger charge is 2.26. The van der Waals surface area contributed by atoms with Crippen LogP contribution in [0.25, 0.3) is 0 Å². The fraction of sp³-hybridized carbons (Fsp3) is 0.625. The van der Waals surface area contributed by atoms with Crippen LogP contribution in [0.1, 0.15) is 0 Å². The number of aliphatic hydroxyl groups is 1. The van der Waals surface area contributed by atoms with Crippen molar-refractivity contribution in [3.05, 3.63) is 6.20 Å². The van der Waals surface area contributed by atoms with E-state index in [2.05, 4.69) is 10.2 Å². The first-order valence-electron chi connectivity index (χ1n) is 4.81. The Bertz CT molecular complexity index is 458. The van der Waals surface area contributed by atoms with Gasteiger partial charge in [0.05, 0.1) is 18.9 Å². The van der Waals surface area contributed by atoms with Crippen molar-refractivity contribution in [3.8, 4) is 0 Å². The molecule has 17 heavy (non-hydrogen) atoms. The summed E-state index contributed by atoms with van der Waals surface area (Å²) >= 11 is 0. The van der Waals surface area contributed by atoms with Crippen molar-refractivity contribution in [1.29, 1.82) is 0 Å². The Balaban J connectivity index is 2.81. The molecule has 0 aromatic carbocycles. The summed E-state index contributed by atoms with van der Waals surface area (Å²) in [6.07, 6.45) is 0.233. The fourth-order valence-electron chi connectivity index (χ4n) is 1.30. The third-order valence-electron chi connectivity index (χ3n) is 2.15. The minimum Gasteiger partial charge on any atom is -0.389 e. The van der Waals surface area contributed by atoms with E-state index in [0.717, 1.165) is 10.5 Å². The van der Waals surface area contributed by atoms with Gasteiger partial charge in [0.2, 0.25) is 10.0 Å². The third kappa shape index (κ3) is 3.16. The van der Waals surface area contributed by atoms with Gasteiger partial charge in [-0.3, -0.25) is 5.10 Å². The maximum absolute atomic E-state index is 12.0. The number of H-pyrrole nitrogens is 1. The number of nitrogens with two attached hydrogens (primary N) is 1. The Morgan fingerprint density at radius 3 is 2.82 bits per heavy atom. The Labute approximate surface area is 99.4 Å². The minimum atomic E-state index is -3.74. The fourth-order valence-corrected chi connectivity index (χ4v) is 2.51. The lowest BCUT2D eigenvalue weighted by atomic mass is 10.4. The number of hydrogen-bond acceptors (Lipinski definition) is 6. The average molecular weight is 264 g/mol. The van der Waals surface area contributed by atoms with Gasteiger partial charge in [-0.15, -0.1) is 0 Å². The number of likely N-dealkylation sites (N-methyl/N-ethyl adjacent to an activating group) is 1. The van der Waals surface area contributed by atoms with Crippen LogP contribution >= 0.6 is 0 Å². The Kier molecular flexibility index (Phi) is 4.46. The molecule has 1 aromatic heterocycles. The molecule has 1 aromatic rings. The van der Waals surface area contributed by atoms with E-state index in [9.17, 15) is 13.5 Å². The van der Waals surface area contributed by atoms with Crippen molar-refractivity contribution in [1.82, 2.24) is 14.5 Å². The van der Waals surface area contributed by atoms with Crippen molar-refractivity contribution in [2.24, 2.45) is 0 Å². The van der Waals surface area contributed by atoms with Crippen molar-refractivity contribution in [3.63, 3.8) is 0 Å². The van der Waals surface area contributed by atoms with E-state index in [1.54, 1.807) is 0 Å². The topological polar surface area (TPSA) is 122 Å². The SMILES string of the molecule is COCC(O)CN(C)S(=O)(=O)c1cn[nH]c1N. The van der Waals surface area contributed by atoms with Crippen molar-refractivity contribution in [2.75, 3.05) is 33.0 Å². The summed E-state index contributed by atoms with van der Waals surface area (Å²) in [6, 6.07) is 0. The summed E-state index contributed by atoms with van der Waals surface area (Å²) in [5.74, 6) is -0.0296. The zero-order valence-electron chi connectivity index (χ0n) is 9.62. The first-order chi connectivity index (χ1) is 7.89. The first-order valence-corrected chi connectivity index (χ1v) is 6.25. The number of rotatable bonds is 6. The van der Waals surface area contributed by atoms with E-state index >= 15 is 0 Å². The lowest BCUT2D eigenvalue weighted by Crippen LogP contribution is -2.36. The molecule has 4 N–H and O–H groups in total. The van der Waals surface area contributed by atoms with Gasteiger partial charge in [-0.2, -0.15) is 9.40 Å². The van der Waals surface area contributed by atoms with E-state index in [0.29, 0.717) is 0 Å². The van der Waals surface area contributed by atoms with Crippen LogP contribution in [0.3, 0.4) is 0 Å². The van der Waals surface area contributed by atoms with Crippen LogP contribution in [-0.2, 0) is 14.8 Å². The van der Waals surface area contributed by atoms with Crippen LogP contribution in [0.15, 0.2) is 11.1 Å². The summed E-state index contributed by atoms with van der Waals surface area (Å²) < 4.78 is 29.7. The van der Waals surface area contributed by atoms with E-state index in [4.69, 9.17) is 10.5 Å². The molecule has 0 spiro atoms. The Morgan fingerprint density at radius 1 is 1.71 bits per heavy atom. The predicted octanol–water partition coefficient (Wildman–Crippen LogP) is -1.38. The molecule has 1 heterocycles. The molecule has 1 rings (SSSR count). The van der Waals surface area contributed by atoms with Gasteiger partial charge in [0.25, 0.3) is 0 Å². The largest absolute Gasteiger partial charge is 0.389 e. The van der Waals surface area contributed by atoms with Crippen molar-refractivity contribution >= 4 is 15.8 Å². The van der Waals surface area contributed by atoms with Gasteiger partial charge in [-0.1, -0.05) is 0 Å². The number of sulfonamides is 1. The zero-order chi connectivity index (χ0) is 13.1. The molecule has 8 nitrogen and oxygen atoms in total. The quantitative estimate of drug-likeness (QED) is 0.582. The monoisotopic (exact) mass is 264 g/mol. The van der Waals surface area contributed by atoms with Gasteiger partial charge in [0, 0.05) is 20.7 Å². The molecule has 1 atom stereocenters. The number of aliphatic hydroxyl groups excluding tert-OH is 1. The molecule has 0 aliphatic heterocycles. The third-order valence-corrected chi connectivity index (χ3v) is 4.00. The molecule has 9 heteroatoms. The summed E-state index contributed by atoms with van der Waals surface area (Å²) in [4.78, 5) is -0.107. The molecule has 1 unspecified atom stereocenters.